The van der Waals surface area contributed by atoms with Crippen molar-refractivity contribution < 1.29 is 4.74 Å². The second-order valence-corrected chi connectivity index (χ2v) is 5.98. The van der Waals surface area contributed by atoms with Crippen LogP contribution >= 0.6 is 15.9 Å². The predicted octanol–water partition coefficient (Wildman–Crippen LogP) is 4.36. The average Bonchev–Trinajstić information content (AvgIpc) is 2.49. The van der Waals surface area contributed by atoms with E-state index in [1.165, 1.54) is 11.1 Å². The number of nitrogens with one attached hydrogen (secondary N) is 1. The van der Waals surface area contributed by atoms with Gasteiger partial charge in [-0.3, -0.25) is 0 Å². The molecule has 2 nitrogen and oxygen atoms in total. The minimum atomic E-state index is 0.0464. The monoisotopic (exact) mass is 347 g/mol. The molecule has 0 heterocycles. The molecule has 0 saturated heterocycles. The van der Waals surface area contributed by atoms with Gasteiger partial charge in [-0.1, -0.05) is 65.3 Å². The topological polar surface area (TPSA) is 21.3 Å². The molecule has 0 bridgehead atoms. The van der Waals surface area contributed by atoms with Crippen molar-refractivity contribution in [1.29, 1.82) is 0 Å². The maximum atomic E-state index is 5.78. The number of methoxy groups -OCH3 is 1. The van der Waals surface area contributed by atoms with Crippen LogP contribution in [0, 0.1) is 0 Å². The summed E-state index contributed by atoms with van der Waals surface area (Å²) in [4.78, 5) is 0. The Balaban J connectivity index is 2.20. The van der Waals surface area contributed by atoms with Crippen molar-refractivity contribution in [3.05, 3.63) is 70.2 Å². The van der Waals surface area contributed by atoms with E-state index in [-0.39, 0.29) is 12.1 Å². The van der Waals surface area contributed by atoms with Gasteiger partial charge < -0.3 is 10.1 Å². The normalized spacial score (nSPS) is 13.9. The Bertz CT molecular complexity index is 544. The van der Waals surface area contributed by atoms with Crippen LogP contribution in [0.4, 0.5) is 0 Å². The molecule has 0 spiro atoms. The van der Waals surface area contributed by atoms with Gasteiger partial charge in [0.1, 0.15) is 0 Å². The lowest BCUT2D eigenvalue weighted by Gasteiger charge is -2.27. The molecule has 0 aliphatic heterocycles. The third-order valence-corrected chi connectivity index (χ3v) is 4.05. The lowest BCUT2D eigenvalue weighted by molar-refractivity contribution is 0.0684. The lowest BCUT2D eigenvalue weighted by atomic mass is 9.96. The standard InChI is InChI=1S/C18H22BrNO/c1-3-20-17(13-14-8-7-11-16(19)12-14)18(21-2)15-9-5-4-6-10-15/h4-12,17-18,20H,3,13H2,1-2H3. The van der Waals surface area contributed by atoms with Crippen molar-refractivity contribution >= 4 is 15.9 Å². The van der Waals surface area contributed by atoms with Crippen molar-refractivity contribution in [2.24, 2.45) is 0 Å². The van der Waals surface area contributed by atoms with Crippen LogP contribution in [-0.4, -0.2) is 19.7 Å². The van der Waals surface area contributed by atoms with Crippen molar-refractivity contribution in [3.63, 3.8) is 0 Å². The van der Waals surface area contributed by atoms with E-state index in [1.54, 1.807) is 7.11 Å². The van der Waals surface area contributed by atoms with Crippen LogP contribution in [-0.2, 0) is 11.2 Å². The first kappa shape index (κ1) is 16.2. The number of benzene rings is 2. The Kier molecular flexibility index (Phi) is 6.43. The van der Waals surface area contributed by atoms with E-state index in [4.69, 9.17) is 4.74 Å². The van der Waals surface area contributed by atoms with E-state index in [0.717, 1.165) is 17.4 Å². The third kappa shape index (κ3) is 4.67. The van der Waals surface area contributed by atoms with E-state index in [9.17, 15) is 0 Å². The Hall–Kier alpha value is -1.16. The van der Waals surface area contributed by atoms with E-state index in [2.05, 4.69) is 76.7 Å². The molecule has 0 saturated carbocycles. The van der Waals surface area contributed by atoms with Crippen molar-refractivity contribution in [2.75, 3.05) is 13.7 Å². The Morgan fingerprint density at radius 2 is 1.86 bits per heavy atom. The molecule has 0 radical (unpaired) electrons. The summed E-state index contributed by atoms with van der Waals surface area (Å²) >= 11 is 3.54. The highest BCUT2D eigenvalue weighted by atomic mass is 79.9. The van der Waals surface area contributed by atoms with Crippen LogP contribution < -0.4 is 5.32 Å². The summed E-state index contributed by atoms with van der Waals surface area (Å²) in [7, 11) is 1.78. The van der Waals surface area contributed by atoms with Crippen molar-refractivity contribution in [3.8, 4) is 0 Å². The molecule has 0 aliphatic carbocycles. The minimum Gasteiger partial charge on any atom is -0.375 e. The summed E-state index contributed by atoms with van der Waals surface area (Å²) in [5, 5.41) is 3.56. The summed E-state index contributed by atoms with van der Waals surface area (Å²) in [6, 6.07) is 19.1. The molecule has 2 atom stereocenters. The number of ether oxygens (including phenoxy) is 1. The molecule has 2 rings (SSSR count). The third-order valence-electron chi connectivity index (χ3n) is 3.56. The number of rotatable bonds is 7. The fourth-order valence-corrected chi connectivity index (χ4v) is 3.09. The maximum absolute atomic E-state index is 5.78. The molecule has 2 aromatic rings. The minimum absolute atomic E-state index is 0.0464. The fourth-order valence-electron chi connectivity index (χ4n) is 2.64. The number of likely N-dealkylation sites (N-methyl/N-ethyl adjacent to an activating group) is 1. The molecule has 3 heteroatoms. The van der Waals surface area contributed by atoms with Crippen molar-refractivity contribution in [2.45, 2.75) is 25.5 Å². The molecular weight excluding hydrogens is 326 g/mol. The Morgan fingerprint density at radius 3 is 2.48 bits per heavy atom. The molecule has 0 amide bonds. The number of hydrogen-bond acceptors (Lipinski definition) is 2. The van der Waals surface area contributed by atoms with Gasteiger partial charge in [0.25, 0.3) is 0 Å². The SMILES string of the molecule is CCNC(Cc1cccc(Br)c1)C(OC)c1ccccc1. The van der Waals surface area contributed by atoms with Gasteiger partial charge in [-0.15, -0.1) is 0 Å². The van der Waals surface area contributed by atoms with Gasteiger partial charge in [0, 0.05) is 17.6 Å². The number of hydrogen-bond donors (Lipinski definition) is 1. The molecule has 0 fully saturated rings. The zero-order chi connectivity index (χ0) is 15.1. The first-order valence-corrected chi connectivity index (χ1v) is 8.09. The maximum Gasteiger partial charge on any atom is 0.0977 e. The van der Waals surface area contributed by atoms with Crippen LogP contribution in [0.1, 0.15) is 24.2 Å². The van der Waals surface area contributed by atoms with E-state index in [0.29, 0.717) is 0 Å². The highest BCUT2D eigenvalue weighted by Crippen LogP contribution is 2.24. The zero-order valence-corrected chi connectivity index (χ0v) is 14.1. The van der Waals surface area contributed by atoms with Gasteiger partial charge in [-0.05, 0) is 36.2 Å². The summed E-state index contributed by atoms with van der Waals surface area (Å²) in [5.74, 6) is 0. The Labute approximate surface area is 135 Å². The second-order valence-electron chi connectivity index (χ2n) is 5.07. The summed E-state index contributed by atoms with van der Waals surface area (Å²) in [6.45, 7) is 3.05. The Morgan fingerprint density at radius 1 is 1.10 bits per heavy atom. The van der Waals surface area contributed by atoms with Crippen LogP contribution in [0.25, 0.3) is 0 Å². The quantitative estimate of drug-likeness (QED) is 0.803. The van der Waals surface area contributed by atoms with Crippen LogP contribution in [0.2, 0.25) is 0 Å². The van der Waals surface area contributed by atoms with Gasteiger partial charge in [0.2, 0.25) is 0 Å². The largest absolute Gasteiger partial charge is 0.375 e. The fraction of sp³-hybridized carbons (Fsp3) is 0.333. The molecule has 0 aliphatic rings. The lowest BCUT2D eigenvalue weighted by Crippen LogP contribution is -2.37. The number of halogens is 1. The highest BCUT2D eigenvalue weighted by Gasteiger charge is 2.22. The van der Waals surface area contributed by atoms with Gasteiger partial charge in [-0.25, -0.2) is 0 Å². The smallest absolute Gasteiger partial charge is 0.0977 e. The molecular formula is C18H22BrNO. The molecule has 1 N–H and O–H groups in total. The van der Waals surface area contributed by atoms with Crippen LogP contribution in [0.5, 0.6) is 0 Å². The van der Waals surface area contributed by atoms with Gasteiger partial charge in [0.05, 0.1) is 6.10 Å². The van der Waals surface area contributed by atoms with Crippen molar-refractivity contribution in [1.82, 2.24) is 5.32 Å². The zero-order valence-electron chi connectivity index (χ0n) is 12.6. The van der Waals surface area contributed by atoms with Crippen LogP contribution in [0.15, 0.2) is 59.1 Å². The molecule has 21 heavy (non-hydrogen) atoms. The molecule has 112 valence electrons. The average molecular weight is 348 g/mol. The van der Waals surface area contributed by atoms with Gasteiger partial charge >= 0.3 is 0 Å². The van der Waals surface area contributed by atoms with E-state index in [1.807, 2.05) is 6.07 Å². The van der Waals surface area contributed by atoms with E-state index >= 15 is 0 Å². The van der Waals surface area contributed by atoms with E-state index < -0.39 is 0 Å². The summed E-state index contributed by atoms with van der Waals surface area (Å²) < 4.78 is 6.89. The predicted molar refractivity (Wildman–Crippen MR) is 91.5 cm³/mol. The van der Waals surface area contributed by atoms with Gasteiger partial charge in [-0.2, -0.15) is 0 Å². The molecule has 0 aromatic heterocycles. The second kappa shape index (κ2) is 8.32. The molecule has 2 aromatic carbocycles. The molecule has 2 unspecified atom stereocenters. The van der Waals surface area contributed by atoms with Gasteiger partial charge in [0.15, 0.2) is 0 Å². The van der Waals surface area contributed by atoms with Crippen LogP contribution in [0.3, 0.4) is 0 Å². The summed E-state index contributed by atoms with van der Waals surface area (Å²) in [6.07, 6.45) is 0.978. The first-order chi connectivity index (χ1) is 10.2. The highest BCUT2D eigenvalue weighted by molar-refractivity contribution is 9.10. The first-order valence-electron chi connectivity index (χ1n) is 7.30. The summed E-state index contributed by atoms with van der Waals surface area (Å²) in [5.41, 5.74) is 2.51.